The lowest BCUT2D eigenvalue weighted by molar-refractivity contribution is 0.0505. The second-order valence-electron chi connectivity index (χ2n) is 2.21. The van der Waals surface area contributed by atoms with Gasteiger partial charge in [0.15, 0.2) is 0 Å². The van der Waals surface area contributed by atoms with Gasteiger partial charge in [-0.2, -0.15) is 5.90 Å². The summed E-state index contributed by atoms with van der Waals surface area (Å²) in [6, 6.07) is 4.67. The van der Waals surface area contributed by atoms with Crippen LogP contribution in [0.5, 0.6) is 0 Å². The van der Waals surface area contributed by atoms with Crippen LogP contribution in [-0.2, 0) is 4.84 Å². The fourth-order valence-corrected chi connectivity index (χ4v) is 0.825. The summed E-state index contributed by atoms with van der Waals surface area (Å²) in [6.45, 7) is 0. The summed E-state index contributed by atoms with van der Waals surface area (Å²) in [4.78, 5) is 14.9. The zero-order chi connectivity index (χ0) is 9.14. The Kier molecular flexibility index (Phi) is 2.16. The highest BCUT2D eigenvalue weighted by Gasteiger charge is 2.10. The fourth-order valence-electron chi connectivity index (χ4n) is 0.825. The van der Waals surface area contributed by atoms with Crippen molar-refractivity contribution in [2.45, 2.75) is 0 Å². The van der Waals surface area contributed by atoms with Crippen molar-refractivity contribution in [2.24, 2.45) is 5.90 Å². The van der Waals surface area contributed by atoms with E-state index in [4.69, 9.17) is 11.5 Å². The third-order valence-electron chi connectivity index (χ3n) is 1.47. The van der Waals surface area contributed by atoms with Gasteiger partial charge in [0.05, 0.1) is 16.9 Å². The van der Waals surface area contributed by atoms with Gasteiger partial charge in [0, 0.05) is 0 Å². The summed E-state index contributed by atoms with van der Waals surface area (Å²) in [5.41, 5.74) is 11.6. The van der Waals surface area contributed by atoms with Gasteiger partial charge in [-0.25, -0.2) is 4.79 Å². The Labute approximate surface area is 69.0 Å². The van der Waals surface area contributed by atoms with Gasteiger partial charge < -0.3 is 16.3 Å². The second-order valence-corrected chi connectivity index (χ2v) is 2.21. The van der Waals surface area contributed by atoms with E-state index in [-0.39, 0.29) is 11.3 Å². The van der Waals surface area contributed by atoms with E-state index in [9.17, 15) is 4.79 Å². The van der Waals surface area contributed by atoms with Crippen molar-refractivity contribution in [3.8, 4) is 0 Å². The van der Waals surface area contributed by atoms with Gasteiger partial charge >= 0.3 is 5.97 Å². The largest absolute Gasteiger partial charge is 0.397 e. The van der Waals surface area contributed by atoms with Crippen LogP contribution in [0.2, 0.25) is 0 Å². The number of hydrogen-bond donors (Lipinski definition) is 3. The standard InChI is InChI=1S/C7H9N3O2/c8-5-3-1-2-4(6(5)9)7(11)12-10/h1-3H,8-10H2. The van der Waals surface area contributed by atoms with Crippen molar-refractivity contribution < 1.29 is 9.63 Å². The lowest BCUT2D eigenvalue weighted by atomic mass is 10.1. The van der Waals surface area contributed by atoms with E-state index in [1.165, 1.54) is 6.07 Å². The van der Waals surface area contributed by atoms with E-state index in [0.29, 0.717) is 5.69 Å². The highest BCUT2D eigenvalue weighted by Crippen LogP contribution is 2.19. The first kappa shape index (κ1) is 8.35. The molecule has 1 rings (SSSR count). The second kappa shape index (κ2) is 3.10. The molecule has 0 radical (unpaired) electrons. The lowest BCUT2D eigenvalue weighted by Gasteiger charge is -2.04. The molecule has 0 fully saturated rings. The molecule has 0 bridgehead atoms. The van der Waals surface area contributed by atoms with Crippen LogP contribution in [0.25, 0.3) is 0 Å². The monoisotopic (exact) mass is 167 g/mol. The molecule has 1 aromatic carbocycles. The molecule has 0 aliphatic carbocycles. The lowest BCUT2D eigenvalue weighted by Crippen LogP contribution is -2.13. The molecule has 0 aliphatic heterocycles. The van der Waals surface area contributed by atoms with E-state index < -0.39 is 5.97 Å². The van der Waals surface area contributed by atoms with E-state index in [2.05, 4.69) is 10.7 Å². The molecule has 64 valence electrons. The third kappa shape index (κ3) is 1.30. The minimum atomic E-state index is -0.695. The number of carbonyl (C=O) groups is 1. The molecule has 0 aromatic heterocycles. The van der Waals surface area contributed by atoms with Crippen LogP contribution in [0.3, 0.4) is 0 Å². The number of anilines is 2. The number of hydrogen-bond acceptors (Lipinski definition) is 5. The van der Waals surface area contributed by atoms with Crippen LogP contribution in [0.1, 0.15) is 10.4 Å². The first-order valence-corrected chi connectivity index (χ1v) is 3.22. The SMILES string of the molecule is NOC(=O)c1cccc(N)c1N. The molecular weight excluding hydrogens is 158 g/mol. The minimum absolute atomic E-state index is 0.178. The molecule has 0 atom stereocenters. The van der Waals surface area contributed by atoms with Crippen molar-refractivity contribution in [3.05, 3.63) is 23.8 Å². The molecule has 0 saturated carbocycles. The minimum Gasteiger partial charge on any atom is -0.397 e. The van der Waals surface area contributed by atoms with Crippen molar-refractivity contribution in [2.75, 3.05) is 11.5 Å². The van der Waals surface area contributed by atoms with Crippen LogP contribution >= 0.6 is 0 Å². The van der Waals surface area contributed by atoms with E-state index >= 15 is 0 Å². The maximum absolute atomic E-state index is 10.9. The van der Waals surface area contributed by atoms with Crippen LogP contribution in [0, 0.1) is 0 Å². The molecule has 0 spiro atoms. The van der Waals surface area contributed by atoms with E-state index in [1.807, 2.05) is 0 Å². The van der Waals surface area contributed by atoms with Gasteiger partial charge in [-0.15, -0.1) is 0 Å². The molecule has 0 aliphatic rings. The topological polar surface area (TPSA) is 104 Å². The molecule has 5 heteroatoms. The Hall–Kier alpha value is -1.75. The zero-order valence-corrected chi connectivity index (χ0v) is 6.28. The molecule has 6 N–H and O–H groups in total. The number of nitrogens with two attached hydrogens (primary N) is 3. The Bertz CT molecular complexity index is 312. The average Bonchev–Trinajstić information content (AvgIpc) is 2.08. The third-order valence-corrected chi connectivity index (χ3v) is 1.47. The number of carbonyl (C=O) groups excluding carboxylic acids is 1. The smallest absolute Gasteiger partial charge is 0.358 e. The number of rotatable bonds is 1. The van der Waals surface area contributed by atoms with Crippen molar-refractivity contribution in [1.29, 1.82) is 0 Å². The van der Waals surface area contributed by atoms with Crippen molar-refractivity contribution >= 4 is 17.3 Å². The molecule has 0 saturated heterocycles. The van der Waals surface area contributed by atoms with Crippen LogP contribution in [-0.4, -0.2) is 5.97 Å². The highest BCUT2D eigenvalue weighted by molar-refractivity contribution is 5.97. The van der Waals surface area contributed by atoms with Crippen LogP contribution < -0.4 is 17.4 Å². The maximum atomic E-state index is 10.9. The Morgan fingerprint density at radius 1 is 1.33 bits per heavy atom. The summed E-state index contributed by atoms with van der Waals surface area (Å²) < 4.78 is 0. The zero-order valence-electron chi connectivity index (χ0n) is 6.28. The van der Waals surface area contributed by atoms with Gasteiger partial charge in [-0.3, -0.25) is 0 Å². The van der Waals surface area contributed by atoms with E-state index in [1.54, 1.807) is 12.1 Å². The summed E-state index contributed by atoms with van der Waals surface area (Å²) in [7, 11) is 0. The van der Waals surface area contributed by atoms with Crippen LogP contribution in [0.15, 0.2) is 18.2 Å². The van der Waals surface area contributed by atoms with Gasteiger partial charge in [0.25, 0.3) is 0 Å². The van der Waals surface area contributed by atoms with Gasteiger partial charge in [-0.05, 0) is 12.1 Å². The Balaban J connectivity index is 3.16. The average molecular weight is 167 g/mol. The van der Waals surface area contributed by atoms with Crippen LogP contribution in [0.4, 0.5) is 11.4 Å². The molecule has 12 heavy (non-hydrogen) atoms. The van der Waals surface area contributed by atoms with Crippen molar-refractivity contribution in [3.63, 3.8) is 0 Å². The summed E-state index contributed by atoms with van der Waals surface area (Å²) >= 11 is 0. The fraction of sp³-hybridized carbons (Fsp3) is 0. The summed E-state index contributed by atoms with van der Waals surface area (Å²) in [5, 5.41) is 0. The quantitative estimate of drug-likeness (QED) is 0.399. The number of benzene rings is 1. The van der Waals surface area contributed by atoms with Gasteiger partial charge in [-0.1, -0.05) is 6.07 Å². The molecule has 0 heterocycles. The molecule has 0 amide bonds. The van der Waals surface area contributed by atoms with E-state index in [0.717, 1.165) is 0 Å². The molecule has 5 nitrogen and oxygen atoms in total. The summed E-state index contributed by atoms with van der Waals surface area (Å²) in [5.74, 6) is 3.98. The molecular formula is C7H9N3O2. The predicted octanol–water partition coefficient (Wildman–Crippen LogP) is -0.118. The normalized spacial score (nSPS) is 9.42. The first-order chi connectivity index (χ1) is 5.66. The number of para-hydroxylation sites is 1. The molecule has 1 aromatic rings. The Morgan fingerprint density at radius 2 is 2.00 bits per heavy atom. The van der Waals surface area contributed by atoms with Crippen molar-refractivity contribution in [1.82, 2.24) is 0 Å². The van der Waals surface area contributed by atoms with Gasteiger partial charge in [0.2, 0.25) is 0 Å². The first-order valence-electron chi connectivity index (χ1n) is 3.22. The summed E-state index contributed by atoms with van der Waals surface area (Å²) in [6.07, 6.45) is 0. The maximum Gasteiger partial charge on any atom is 0.358 e. The molecule has 0 unspecified atom stereocenters. The Morgan fingerprint density at radius 3 is 2.58 bits per heavy atom. The van der Waals surface area contributed by atoms with Gasteiger partial charge in [0.1, 0.15) is 0 Å². The predicted molar refractivity (Wildman–Crippen MR) is 44.9 cm³/mol. The number of nitrogen functional groups attached to an aromatic ring is 2. The highest BCUT2D eigenvalue weighted by atomic mass is 16.7.